The Morgan fingerprint density at radius 1 is 1.26 bits per heavy atom. The Morgan fingerprint density at radius 3 is 2.39 bits per heavy atom. The number of carboxylic acid groups (broad SMARTS) is 1. The van der Waals surface area contributed by atoms with Crippen LogP contribution in [0.2, 0.25) is 0 Å². The molecule has 0 saturated carbocycles. The van der Waals surface area contributed by atoms with Gasteiger partial charge in [-0.3, -0.25) is 9.59 Å². The van der Waals surface area contributed by atoms with Crippen molar-refractivity contribution in [2.45, 2.75) is 34.1 Å². The number of carbonyl (C=O) groups is 2. The minimum absolute atomic E-state index is 0.00476. The molecule has 1 aromatic carbocycles. The third-order valence-electron chi connectivity index (χ3n) is 4.52. The van der Waals surface area contributed by atoms with E-state index in [0.717, 1.165) is 16.9 Å². The van der Waals surface area contributed by atoms with Gasteiger partial charge in [-0.25, -0.2) is 0 Å². The Bertz CT molecular complexity index is 588. The highest BCUT2D eigenvalue weighted by Gasteiger charge is 2.33. The van der Waals surface area contributed by atoms with Crippen molar-refractivity contribution < 1.29 is 19.4 Å². The first-order chi connectivity index (χ1) is 10.8. The molecule has 5 nitrogen and oxygen atoms in total. The molecule has 1 saturated heterocycles. The first kappa shape index (κ1) is 17.3. The van der Waals surface area contributed by atoms with Crippen molar-refractivity contribution in [2.24, 2.45) is 11.8 Å². The van der Waals surface area contributed by atoms with Crippen molar-refractivity contribution in [3.05, 3.63) is 28.8 Å². The fraction of sp³-hybridized carbons (Fsp3) is 0.556. The fourth-order valence-electron chi connectivity index (χ4n) is 3.36. The van der Waals surface area contributed by atoms with E-state index in [2.05, 4.69) is 0 Å². The highest BCUT2D eigenvalue weighted by atomic mass is 16.5. The predicted octanol–water partition coefficient (Wildman–Crippen LogP) is 2.56. The molecule has 1 amide bonds. The van der Waals surface area contributed by atoms with Crippen molar-refractivity contribution in [3.8, 4) is 5.75 Å². The standard InChI is InChI=1S/C18H25NO4/c1-11-7-12(2)17(13(3)8-11)23-10-16(20)19-6-5-15(18(21)22)14(4)9-19/h7-8,14-15H,5-6,9-10H2,1-4H3,(H,21,22). The Labute approximate surface area is 137 Å². The number of benzene rings is 1. The van der Waals surface area contributed by atoms with Crippen LogP contribution in [0.15, 0.2) is 12.1 Å². The van der Waals surface area contributed by atoms with E-state index in [1.165, 1.54) is 5.56 Å². The number of rotatable bonds is 4. The topological polar surface area (TPSA) is 66.8 Å². The lowest BCUT2D eigenvalue weighted by atomic mass is 9.87. The van der Waals surface area contributed by atoms with E-state index >= 15 is 0 Å². The third kappa shape index (κ3) is 4.03. The summed E-state index contributed by atoms with van der Waals surface area (Å²) in [6.45, 7) is 8.81. The van der Waals surface area contributed by atoms with Gasteiger partial charge in [-0.05, 0) is 44.2 Å². The van der Waals surface area contributed by atoms with E-state index in [9.17, 15) is 9.59 Å². The summed E-state index contributed by atoms with van der Waals surface area (Å²) in [6.07, 6.45) is 0.505. The van der Waals surface area contributed by atoms with Gasteiger partial charge < -0.3 is 14.7 Å². The molecule has 0 aromatic heterocycles. The van der Waals surface area contributed by atoms with E-state index in [1.807, 2.05) is 39.8 Å². The number of likely N-dealkylation sites (tertiary alicyclic amines) is 1. The molecule has 1 fully saturated rings. The normalized spacial score (nSPS) is 21.1. The second-order valence-corrected chi connectivity index (χ2v) is 6.57. The molecule has 2 rings (SSSR count). The summed E-state index contributed by atoms with van der Waals surface area (Å²) in [4.78, 5) is 25.2. The Morgan fingerprint density at radius 2 is 1.87 bits per heavy atom. The minimum Gasteiger partial charge on any atom is -0.483 e. The van der Waals surface area contributed by atoms with Crippen LogP contribution in [0, 0.1) is 32.6 Å². The molecule has 0 bridgehead atoms. The number of nitrogens with zero attached hydrogens (tertiary/aromatic N) is 1. The minimum atomic E-state index is -0.772. The van der Waals surface area contributed by atoms with Gasteiger partial charge in [0.1, 0.15) is 5.75 Å². The summed E-state index contributed by atoms with van der Waals surface area (Å²) in [5, 5.41) is 9.14. The van der Waals surface area contributed by atoms with Crippen LogP contribution in [-0.2, 0) is 9.59 Å². The van der Waals surface area contributed by atoms with Crippen molar-refractivity contribution in [1.82, 2.24) is 4.90 Å². The maximum atomic E-state index is 12.3. The number of aliphatic carboxylic acids is 1. The van der Waals surface area contributed by atoms with Gasteiger partial charge in [-0.15, -0.1) is 0 Å². The molecule has 1 aliphatic rings. The lowest BCUT2D eigenvalue weighted by molar-refractivity contribution is -0.148. The number of ether oxygens (including phenoxy) is 1. The van der Waals surface area contributed by atoms with Crippen LogP contribution in [0.3, 0.4) is 0 Å². The summed E-state index contributed by atoms with van der Waals surface area (Å²) in [6, 6.07) is 4.07. The number of hydrogen-bond donors (Lipinski definition) is 1. The molecule has 2 atom stereocenters. The average molecular weight is 319 g/mol. The monoisotopic (exact) mass is 319 g/mol. The SMILES string of the molecule is Cc1cc(C)c(OCC(=O)N2CCC(C(=O)O)C(C)C2)c(C)c1. The van der Waals surface area contributed by atoms with Crippen LogP contribution in [0.1, 0.15) is 30.0 Å². The van der Waals surface area contributed by atoms with E-state index in [0.29, 0.717) is 19.5 Å². The fourth-order valence-corrected chi connectivity index (χ4v) is 3.36. The maximum Gasteiger partial charge on any atom is 0.306 e. The molecule has 1 heterocycles. The molecule has 2 unspecified atom stereocenters. The highest BCUT2D eigenvalue weighted by Crippen LogP contribution is 2.26. The van der Waals surface area contributed by atoms with Crippen LogP contribution in [0.25, 0.3) is 0 Å². The van der Waals surface area contributed by atoms with Crippen LogP contribution in [0.4, 0.5) is 0 Å². The van der Waals surface area contributed by atoms with E-state index < -0.39 is 5.97 Å². The zero-order valence-electron chi connectivity index (χ0n) is 14.3. The summed E-state index contributed by atoms with van der Waals surface area (Å²) in [5.41, 5.74) is 3.21. The summed E-state index contributed by atoms with van der Waals surface area (Å²) < 4.78 is 5.74. The van der Waals surface area contributed by atoms with Crippen LogP contribution in [0.5, 0.6) is 5.75 Å². The number of amides is 1. The molecule has 5 heteroatoms. The van der Waals surface area contributed by atoms with E-state index in [1.54, 1.807) is 4.90 Å². The van der Waals surface area contributed by atoms with Crippen molar-refractivity contribution in [3.63, 3.8) is 0 Å². The molecular formula is C18H25NO4. The zero-order valence-corrected chi connectivity index (χ0v) is 14.3. The Balaban J connectivity index is 1.95. The largest absolute Gasteiger partial charge is 0.483 e. The number of aryl methyl sites for hydroxylation is 3. The molecule has 1 aliphatic heterocycles. The van der Waals surface area contributed by atoms with Crippen LogP contribution in [-0.4, -0.2) is 41.6 Å². The van der Waals surface area contributed by atoms with Gasteiger partial charge >= 0.3 is 5.97 Å². The molecule has 1 aromatic rings. The summed E-state index contributed by atoms with van der Waals surface area (Å²) in [7, 11) is 0. The van der Waals surface area contributed by atoms with Crippen LogP contribution >= 0.6 is 0 Å². The Kier molecular flexibility index (Phi) is 5.29. The van der Waals surface area contributed by atoms with E-state index in [-0.39, 0.29) is 24.3 Å². The summed E-state index contributed by atoms with van der Waals surface area (Å²) in [5.74, 6) is -0.487. The van der Waals surface area contributed by atoms with Gasteiger partial charge in [0.05, 0.1) is 5.92 Å². The number of piperidine rings is 1. The molecule has 23 heavy (non-hydrogen) atoms. The lowest BCUT2D eigenvalue weighted by Crippen LogP contribution is -2.46. The zero-order chi connectivity index (χ0) is 17.1. The average Bonchev–Trinajstić information content (AvgIpc) is 2.45. The number of hydrogen-bond acceptors (Lipinski definition) is 3. The highest BCUT2D eigenvalue weighted by molar-refractivity contribution is 5.78. The summed E-state index contributed by atoms with van der Waals surface area (Å²) >= 11 is 0. The van der Waals surface area contributed by atoms with Gasteiger partial charge in [0.25, 0.3) is 5.91 Å². The smallest absolute Gasteiger partial charge is 0.306 e. The van der Waals surface area contributed by atoms with E-state index in [4.69, 9.17) is 9.84 Å². The maximum absolute atomic E-state index is 12.3. The first-order valence-corrected chi connectivity index (χ1v) is 8.00. The predicted molar refractivity (Wildman–Crippen MR) is 87.6 cm³/mol. The van der Waals surface area contributed by atoms with Crippen molar-refractivity contribution in [2.75, 3.05) is 19.7 Å². The molecule has 0 radical (unpaired) electrons. The molecule has 0 spiro atoms. The van der Waals surface area contributed by atoms with Gasteiger partial charge in [0.2, 0.25) is 0 Å². The van der Waals surface area contributed by atoms with Gasteiger partial charge in [0.15, 0.2) is 6.61 Å². The second kappa shape index (κ2) is 7.02. The van der Waals surface area contributed by atoms with Crippen LogP contribution < -0.4 is 4.74 Å². The molecule has 1 N–H and O–H groups in total. The number of carbonyl (C=O) groups excluding carboxylic acids is 1. The molecule has 0 aliphatic carbocycles. The van der Waals surface area contributed by atoms with Crippen molar-refractivity contribution >= 4 is 11.9 Å². The van der Waals surface area contributed by atoms with Gasteiger partial charge in [-0.1, -0.05) is 24.6 Å². The quantitative estimate of drug-likeness (QED) is 0.926. The van der Waals surface area contributed by atoms with Gasteiger partial charge in [0, 0.05) is 13.1 Å². The third-order valence-corrected chi connectivity index (χ3v) is 4.52. The lowest BCUT2D eigenvalue weighted by Gasteiger charge is -2.34. The van der Waals surface area contributed by atoms with Gasteiger partial charge in [-0.2, -0.15) is 0 Å². The second-order valence-electron chi connectivity index (χ2n) is 6.57. The Hall–Kier alpha value is -2.04. The first-order valence-electron chi connectivity index (χ1n) is 8.00. The molecule has 126 valence electrons. The van der Waals surface area contributed by atoms with Crippen molar-refractivity contribution in [1.29, 1.82) is 0 Å². The number of carboxylic acids is 1. The molecular weight excluding hydrogens is 294 g/mol.